The van der Waals surface area contributed by atoms with Crippen molar-refractivity contribution in [1.82, 2.24) is 24.4 Å². The fourth-order valence-electron chi connectivity index (χ4n) is 3.12. The Labute approximate surface area is 181 Å². The number of ether oxygens (including phenoxy) is 1. The third-order valence-corrected chi connectivity index (χ3v) is 4.96. The van der Waals surface area contributed by atoms with Crippen molar-refractivity contribution in [2.24, 2.45) is 13.0 Å². The quantitative estimate of drug-likeness (QED) is 0.481. The lowest BCUT2D eigenvalue weighted by atomic mass is 10.2. The van der Waals surface area contributed by atoms with Crippen LogP contribution in [-0.2, 0) is 11.8 Å². The van der Waals surface area contributed by atoms with Gasteiger partial charge >= 0.3 is 0 Å². The molecule has 0 atom stereocenters. The molecule has 0 bridgehead atoms. The van der Waals surface area contributed by atoms with Gasteiger partial charge in [0.25, 0.3) is 5.91 Å². The van der Waals surface area contributed by atoms with E-state index in [0.717, 1.165) is 12.8 Å². The summed E-state index contributed by atoms with van der Waals surface area (Å²) in [5.74, 6) is -0.170. The zero-order chi connectivity index (χ0) is 22.2. The molecule has 0 radical (unpaired) electrons. The predicted octanol–water partition coefficient (Wildman–Crippen LogP) is 3.00. The second-order valence-corrected chi connectivity index (χ2v) is 7.40. The van der Waals surface area contributed by atoms with Gasteiger partial charge in [0.15, 0.2) is 11.5 Å². The molecule has 1 aliphatic carbocycles. The van der Waals surface area contributed by atoms with Gasteiger partial charge in [-0.3, -0.25) is 14.3 Å². The highest BCUT2D eigenvalue weighted by Gasteiger charge is 2.30. The molecule has 3 aromatic heterocycles. The molecule has 0 spiro atoms. The Kier molecular flexibility index (Phi) is 4.77. The van der Waals surface area contributed by atoms with Gasteiger partial charge in [-0.1, -0.05) is 0 Å². The first-order valence-electron chi connectivity index (χ1n) is 9.90. The third-order valence-electron chi connectivity index (χ3n) is 4.96. The first-order chi connectivity index (χ1) is 15.5. The van der Waals surface area contributed by atoms with Crippen LogP contribution in [-0.4, -0.2) is 36.2 Å². The fraction of sp³-hybridized carbons (Fsp3) is 0.190. The van der Waals surface area contributed by atoms with Gasteiger partial charge in [-0.15, -0.1) is 5.10 Å². The zero-order valence-electron chi connectivity index (χ0n) is 16.9. The van der Waals surface area contributed by atoms with Gasteiger partial charge in [0.1, 0.15) is 17.3 Å². The van der Waals surface area contributed by atoms with Gasteiger partial charge < -0.3 is 15.4 Å². The maximum Gasteiger partial charge on any atom is 0.273 e. The molecule has 4 aromatic rings. The van der Waals surface area contributed by atoms with E-state index in [0.29, 0.717) is 11.5 Å². The van der Waals surface area contributed by atoms with E-state index in [4.69, 9.17) is 4.74 Å². The van der Waals surface area contributed by atoms with Crippen molar-refractivity contribution in [3.05, 3.63) is 60.3 Å². The standard InChI is InChI=1S/C21H18FN7O3/c1-28-16(8-9-23-28)21(31)24-15-10-13(4-5-14(15)22)32-19-7-6-18-25-17(11-29(18)27-19)26-20(30)12-2-3-12/h4-12H,2-3H2,1H3,(H,24,31)(H,26,30). The predicted molar refractivity (Wildman–Crippen MR) is 112 cm³/mol. The Morgan fingerprint density at radius 1 is 1.16 bits per heavy atom. The molecule has 0 unspecified atom stereocenters. The monoisotopic (exact) mass is 435 g/mol. The zero-order valence-corrected chi connectivity index (χ0v) is 16.9. The number of carbonyl (C=O) groups excluding carboxylic acids is 2. The maximum atomic E-state index is 14.2. The largest absolute Gasteiger partial charge is 0.438 e. The molecule has 2 N–H and O–H groups in total. The number of carbonyl (C=O) groups is 2. The van der Waals surface area contributed by atoms with Crippen LogP contribution in [0.25, 0.3) is 5.65 Å². The summed E-state index contributed by atoms with van der Waals surface area (Å²) in [4.78, 5) is 28.6. The number of fused-ring (bicyclic) bond motifs is 1. The minimum absolute atomic E-state index is 0.0394. The molecule has 1 fully saturated rings. The summed E-state index contributed by atoms with van der Waals surface area (Å²) in [6.07, 6.45) is 4.87. The van der Waals surface area contributed by atoms with Crippen molar-refractivity contribution in [1.29, 1.82) is 0 Å². The van der Waals surface area contributed by atoms with E-state index in [-0.39, 0.29) is 34.8 Å². The van der Waals surface area contributed by atoms with Gasteiger partial charge in [0, 0.05) is 31.3 Å². The van der Waals surface area contributed by atoms with E-state index >= 15 is 0 Å². The number of aryl methyl sites for hydroxylation is 1. The van der Waals surface area contributed by atoms with Crippen LogP contribution in [0, 0.1) is 11.7 Å². The number of hydrogen-bond donors (Lipinski definition) is 2. The second kappa shape index (κ2) is 7.76. The van der Waals surface area contributed by atoms with E-state index in [1.165, 1.54) is 39.7 Å². The Morgan fingerprint density at radius 2 is 2.00 bits per heavy atom. The van der Waals surface area contributed by atoms with Crippen molar-refractivity contribution < 1.29 is 18.7 Å². The summed E-state index contributed by atoms with van der Waals surface area (Å²) in [7, 11) is 1.62. The number of amides is 2. The lowest BCUT2D eigenvalue weighted by Gasteiger charge is -2.10. The molecule has 1 saturated carbocycles. The van der Waals surface area contributed by atoms with E-state index in [2.05, 4.69) is 25.8 Å². The van der Waals surface area contributed by atoms with Gasteiger partial charge in [0.05, 0.1) is 11.9 Å². The topological polar surface area (TPSA) is 115 Å². The Morgan fingerprint density at radius 3 is 2.75 bits per heavy atom. The van der Waals surface area contributed by atoms with E-state index in [1.54, 1.807) is 25.4 Å². The van der Waals surface area contributed by atoms with Crippen molar-refractivity contribution in [2.75, 3.05) is 10.6 Å². The molecule has 2 amide bonds. The summed E-state index contributed by atoms with van der Waals surface area (Å²) in [6.45, 7) is 0. The molecular formula is C21H18FN7O3. The average molecular weight is 435 g/mol. The summed E-state index contributed by atoms with van der Waals surface area (Å²) in [5.41, 5.74) is 0.779. The molecule has 0 saturated heterocycles. The summed E-state index contributed by atoms with van der Waals surface area (Å²) < 4.78 is 22.8. The normalized spacial score (nSPS) is 13.2. The number of benzene rings is 1. The van der Waals surface area contributed by atoms with Crippen LogP contribution < -0.4 is 15.4 Å². The fourth-order valence-corrected chi connectivity index (χ4v) is 3.12. The first-order valence-corrected chi connectivity index (χ1v) is 9.90. The summed E-state index contributed by atoms with van der Waals surface area (Å²) in [5, 5.41) is 13.5. The van der Waals surface area contributed by atoms with E-state index in [1.807, 2.05) is 0 Å². The highest BCUT2D eigenvalue weighted by molar-refractivity contribution is 6.03. The van der Waals surface area contributed by atoms with Gasteiger partial charge in [-0.2, -0.15) is 5.10 Å². The Bertz CT molecular complexity index is 1340. The lowest BCUT2D eigenvalue weighted by Crippen LogP contribution is -2.16. The number of nitrogens with zero attached hydrogens (tertiary/aromatic N) is 5. The van der Waals surface area contributed by atoms with Crippen LogP contribution in [0.5, 0.6) is 11.6 Å². The molecule has 3 heterocycles. The highest BCUT2D eigenvalue weighted by Crippen LogP contribution is 2.30. The minimum Gasteiger partial charge on any atom is -0.438 e. The Balaban J connectivity index is 1.33. The molecule has 32 heavy (non-hydrogen) atoms. The minimum atomic E-state index is -0.609. The molecular weight excluding hydrogens is 417 g/mol. The number of imidazole rings is 1. The van der Waals surface area contributed by atoms with Gasteiger partial charge in [-0.05, 0) is 37.1 Å². The molecule has 1 aliphatic rings. The van der Waals surface area contributed by atoms with E-state index < -0.39 is 11.7 Å². The van der Waals surface area contributed by atoms with Crippen LogP contribution in [0.3, 0.4) is 0 Å². The number of nitrogens with one attached hydrogen (secondary N) is 2. The van der Waals surface area contributed by atoms with Crippen LogP contribution in [0.2, 0.25) is 0 Å². The first kappa shape index (κ1) is 19.7. The van der Waals surface area contributed by atoms with Crippen LogP contribution in [0.15, 0.2) is 48.8 Å². The number of halogens is 1. The molecule has 162 valence electrons. The van der Waals surface area contributed by atoms with Crippen molar-refractivity contribution >= 4 is 29.0 Å². The third kappa shape index (κ3) is 4.00. The van der Waals surface area contributed by atoms with E-state index in [9.17, 15) is 14.0 Å². The molecule has 1 aromatic carbocycles. The molecule has 5 rings (SSSR count). The van der Waals surface area contributed by atoms with Crippen molar-refractivity contribution in [3.63, 3.8) is 0 Å². The Hall–Kier alpha value is -4.28. The summed E-state index contributed by atoms with van der Waals surface area (Å²) in [6, 6.07) is 8.80. The number of anilines is 2. The number of rotatable bonds is 6. The molecule has 0 aliphatic heterocycles. The lowest BCUT2D eigenvalue weighted by molar-refractivity contribution is -0.117. The highest BCUT2D eigenvalue weighted by atomic mass is 19.1. The van der Waals surface area contributed by atoms with Gasteiger partial charge in [0.2, 0.25) is 11.8 Å². The van der Waals surface area contributed by atoms with Crippen LogP contribution in [0.4, 0.5) is 15.9 Å². The number of hydrogen-bond acceptors (Lipinski definition) is 6. The van der Waals surface area contributed by atoms with Crippen LogP contribution >= 0.6 is 0 Å². The average Bonchev–Trinajstić information content (AvgIpc) is 3.41. The summed E-state index contributed by atoms with van der Waals surface area (Å²) >= 11 is 0. The smallest absolute Gasteiger partial charge is 0.273 e. The SMILES string of the molecule is Cn1nccc1C(=O)Nc1cc(Oc2ccc3nc(NC(=O)C4CC4)cn3n2)ccc1F. The second-order valence-electron chi connectivity index (χ2n) is 7.40. The van der Waals surface area contributed by atoms with Crippen molar-refractivity contribution in [2.45, 2.75) is 12.8 Å². The van der Waals surface area contributed by atoms with Gasteiger partial charge in [-0.25, -0.2) is 13.9 Å². The molecule has 11 heteroatoms. The van der Waals surface area contributed by atoms with Crippen molar-refractivity contribution in [3.8, 4) is 11.6 Å². The van der Waals surface area contributed by atoms with Crippen LogP contribution in [0.1, 0.15) is 23.3 Å². The maximum absolute atomic E-state index is 14.2. The molecule has 10 nitrogen and oxygen atoms in total. The number of aromatic nitrogens is 5.